The molecule has 2 aromatic heterocycles. The fourth-order valence-electron chi connectivity index (χ4n) is 18.4. The van der Waals surface area contributed by atoms with Crippen LogP contribution in [-0.4, -0.2) is 223 Å². The summed E-state index contributed by atoms with van der Waals surface area (Å²) in [4.78, 5) is 205. The van der Waals surface area contributed by atoms with Crippen LogP contribution in [0, 0.1) is 23.5 Å². The molecule has 20 rings (SSSR count). The number of imide groups is 4. The number of carbonyl (C=O) groups excluding carboxylic acids is 14. The zero-order valence-corrected chi connectivity index (χ0v) is 82.9. The maximum absolute atomic E-state index is 15.9. The van der Waals surface area contributed by atoms with Gasteiger partial charge in [-0.25, -0.2) is 48.1 Å². The summed E-state index contributed by atoms with van der Waals surface area (Å²) in [5, 5.41) is 23.5. The van der Waals surface area contributed by atoms with E-state index in [1.54, 1.807) is 78.9 Å². The Bertz CT molecular complexity index is 6750. The number of hydrogen-bond donors (Lipinski definition) is 5. The molecule has 8 aliphatic heterocycles. The second kappa shape index (κ2) is 48.1. The maximum atomic E-state index is 15.9. The van der Waals surface area contributed by atoms with E-state index in [4.69, 9.17) is 42.6 Å². The molecular formula is C104H97BCl2F2N16NaO19. The van der Waals surface area contributed by atoms with Gasteiger partial charge in [-0.05, 0) is 173 Å². The van der Waals surface area contributed by atoms with Gasteiger partial charge in [-0.3, -0.25) is 73.3 Å². The Labute approximate surface area is 865 Å². The molecular weight excluding hydrogens is 1920 g/mol. The number of ether oxygens (including phenoxy) is 2. The monoisotopic (exact) mass is 2020 g/mol. The Morgan fingerprint density at radius 3 is 1.27 bits per heavy atom. The van der Waals surface area contributed by atoms with Crippen molar-refractivity contribution in [1.29, 1.82) is 0 Å². The predicted octanol–water partition coefficient (Wildman–Crippen LogP) is 9.01. The van der Waals surface area contributed by atoms with Crippen molar-refractivity contribution in [3.8, 4) is 23.0 Å². The molecule has 10 heterocycles. The van der Waals surface area contributed by atoms with Gasteiger partial charge in [0.1, 0.15) is 77.3 Å². The molecule has 2 aliphatic carbocycles. The summed E-state index contributed by atoms with van der Waals surface area (Å²) >= 11 is 13.2. The Hall–Kier alpha value is -14.8. The number of halogens is 4. The molecule has 5 N–H and O–H groups in total. The van der Waals surface area contributed by atoms with Gasteiger partial charge in [0.15, 0.2) is 11.6 Å². The van der Waals surface area contributed by atoms with E-state index < -0.39 is 71.3 Å². The number of aromatic nitrogens is 4. The molecule has 0 bridgehead atoms. The number of carbonyl (C=O) groups is 14. The number of ketones is 2. The molecule has 8 amide bonds. The van der Waals surface area contributed by atoms with Gasteiger partial charge in [0.05, 0.1) is 66.2 Å². The molecule has 739 valence electrons. The molecule has 6 fully saturated rings. The molecule has 0 saturated carbocycles. The molecule has 10 aliphatic rings. The number of carboxylic acids is 1. The van der Waals surface area contributed by atoms with Crippen molar-refractivity contribution in [2.24, 2.45) is 11.8 Å². The van der Waals surface area contributed by atoms with Gasteiger partial charge in [-0.1, -0.05) is 71.8 Å². The van der Waals surface area contributed by atoms with E-state index in [1.165, 1.54) is 24.8 Å². The first-order valence-electron chi connectivity index (χ1n) is 46.5. The van der Waals surface area contributed by atoms with E-state index in [2.05, 4.69) is 75.9 Å². The predicted molar refractivity (Wildman–Crippen MR) is 527 cm³/mol. The normalized spacial score (nSPS) is 17.4. The van der Waals surface area contributed by atoms with Crippen LogP contribution in [0.4, 0.5) is 54.5 Å². The average molecular weight is 2020 g/mol. The SMILES string of the molecule is CC(=O)OOC(C)=O.CC(=O)[O-].O=C1CCC(N2C(=O)c3ccc(N4CCN(CC5CCN(c6ccc(Nc7ncnc8c7C(C(=O)c7ccc(Oc9ccccc9)cc7Cl)=CC8)cc6F)CC5)CC4)cc3C2=O)C(=O)N1.O=C1CCC(N2C(=O)c3ccc(N4CCNCC4)cc3C2=O)C(=O)N1.O=CC1CCN(c2ccc(Nc3ncnc4c3C(C(=O)c3ccc(Oc5ccccc5)cc3Cl)=CC4)cc2F)CC1.[B].[Na+]. The van der Waals surface area contributed by atoms with Crippen molar-refractivity contribution in [2.75, 3.05) is 115 Å². The van der Waals surface area contributed by atoms with Gasteiger partial charge in [-0.15, -0.1) is 0 Å². The summed E-state index contributed by atoms with van der Waals surface area (Å²) in [5.41, 5.74) is 8.96. The van der Waals surface area contributed by atoms with E-state index in [-0.39, 0.29) is 120 Å². The van der Waals surface area contributed by atoms with Gasteiger partial charge < -0.3 is 59.7 Å². The minimum atomic E-state index is -1.08. The summed E-state index contributed by atoms with van der Waals surface area (Å²) < 4.78 is 42.8. The van der Waals surface area contributed by atoms with Gasteiger partial charge in [0.2, 0.25) is 23.6 Å². The number of aldehydes is 1. The minimum Gasteiger partial charge on any atom is -0.550 e. The van der Waals surface area contributed by atoms with Crippen LogP contribution < -0.4 is 90.3 Å². The van der Waals surface area contributed by atoms with Crippen LogP contribution in [0.15, 0.2) is 195 Å². The third-order valence-corrected chi connectivity index (χ3v) is 26.1. The molecule has 8 aromatic carbocycles. The van der Waals surface area contributed by atoms with E-state index in [0.29, 0.717) is 158 Å². The molecule has 145 heavy (non-hydrogen) atoms. The van der Waals surface area contributed by atoms with Crippen LogP contribution in [-0.2, 0) is 61.0 Å². The zero-order valence-electron chi connectivity index (χ0n) is 79.4. The second-order valence-corrected chi connectivity index (χ2v) is 35.8. The van der Waals surface area contributed by atoms with Crippen molar-refractivity contribution in [3.05, 3.63) is 272 Å². The zero-order chi connectivity index (χ0) is 101. The van der Waals surface area contributed by atoms with Crippen LogP contribution in [0.1, 0.15) is 157 Å². The number of rotatable bonds is 21. The van der Waals surface area contributed by atoms with E-state index in [9.17, 15) is 62.3 Å². The van der Waals surface area contributed by atoms with Crippen molar-refractivity contribution in [2.45, 2.75) is 97.1 Å². The number of benzene rings is 8. The first-order chi connectivity index (χ1) is 69.0. The Balaban J connectivity index is 0.000000176. The molecule has 41 heteroatoms. The van der Waals surface area contributed by atoms with E-state index in [1.807, 2.05) is 95.9 Å². The summed E-state index contributed by atoms with van der Waals surface area (Å²) in [6.07, 6.45) is 12.1. The molecule has 0 spiro atoms. The van der Waals surface area contributed by atoms with Crippen molar-refractivity contribution in [1.82, 2.24) is 50.6 Å². The van der Waals surface area contributed by atoms with Crippen LogP contribution in [0.5, 0.6) is 23.0 Å². The smallest absolute Gasteiger partial charge is 0.550 e. The standard InChI is InChI=1S/C49H44ClFN8O6.C32H26ClFN4O3.C17H18N4O4.C4H6O4.C2H4O2.B.Na/c50-38-26-33(65-32-4-2-1-3-5-32)8-10-35(38)45(61)36-11-12-40-44(36)46(53-28-52-40)54-30-6-13-41(39(51)24-30)58-18-16-29(17-19-58)27-56-20-22-57(23-21-56)31-7-9-34-37(25-31)49(64)59(48(34)63)42-14-15-43(60)55-47(42)62;33-26-17-23(41-22-4-2-1-3-5-22)7-8-24(26)31(40)25-9-10-28-30(25)32(36-19-35-28)37-21-6-11-29(27(34)16-21)38-14-12-20(18-39)13-15-38;22-14-4-3-13(15(23)19-14)21-16(24)11-2-1-10(9-12(11)17(21)25)20-7-5-18-6-8-20;1-3(5)7-8-4(2)6;1-2(3)4;;/h1-11,13,24-26,28-29,42H,12,14-23,27H2,(H,52,53,54)(H,55,60,62);1-9,11,16-20H,10,12-15H2,(H,35,36,37);1-2,9,13,18H,3-8H2,(H,19,22,23);1-2H3;1H3,(H,3,4);;/q;;;;;;+1/p-1. The van der Waals surface area contributed by atoms with Crippen LogP contribution >= 0.6 is 23.2 Å². The average Bonchev–Trinajstić information content (AvgIpc) is 1.61. The number of piperazine rings is 2. The van der Waals surface area contributed by atoms with Gasteiger partial charge in [0, 0.05) is 202 Å². The number of allylic oxidation sites excluding steroid dienone is 4. The van der Waals surface area contributed by atoms with Crippen molar-refractivity contribution in [3.63, 3.8) is 0 Å². The molecule has 2 atom stereocenters. The minimum absolute atomic E-state index is 0. The fraction of sp³-hybridized carbons (Fsp3) is 0.288. The first-order valence-corrected chi connectivity index (χ1v) is 47.2. The molecule has 35 nitrogen and oxygen atoms in total. The number of nitrogens with zero attached hydrogens (tertiary/aromatic N) is 11. The Morgan fingerprint density at radius 1 is 0.469 bits per heavy atom. The summed E-state index contributed by atoms with van der Waals surface area (Å²) in [6.45, 7) is 13.5. The summed E-state index contributed by atoms with van der Waals surface area (Å²) in [6, 6.07) is 47.1. The number of aliphatic carboxylic acids is 1. The summed E-state index contributed by atoms with van der Waals surface area (Å²) in [7, 11) is 0. The third-order valence-electron chi connectivity index (χ3n) is 25.5. The quantitative estimate of drug-likeness (QED) is 0.0112. The van der Waals surface area contributed by atoms with Crippen molar-refractivity contribution < 1.29 is 130 Å². The van der Waals surface area contributed by atoms with Gasteiger partial charge in [0.25, 0.3) is 23.6 Å². The molecule has 2 unspecified atom stereocenters. The topological polar surface area (TPSA) is 433 Å². The number of fused-ring (bicyclic) bond motifs is 4. The number of carboxylic acid groups (broad SMARTS) is 1. The molecule has 6 saturated heterocycles. The van der Waals surface area contributed by atoms with Crippen molar-refractivity contribution >= 4 is 172 Å². The Kier molecular flexibility index (Phi) is 35.1. The van der Waals surface area contributed by atoms with Gasteiger partial charge in [-0.2, -0.15) is 0 Å². The fourth-order valence-corrected chi connectivity index (χ4v) is 19.0. The third kappa shape index (κ3) is 25.2. The van der Waals surface area contributed by atoms with E-state index in [0.717, 1.165) is 133 Å². The first kappa shape index (κ1) is 106. The number of amides is 8. The second-order valence-electron chi connectivity index (χ2n) is 35.0. The van der Waals surface area contributed by atoms with Crippen LogP contribution in [0.2, 0.25) is 10.0 Å². The van der Waals surface area contributed by atoms with Crippen LogP contribution in [0.3, 0.4) is 0 Å². The van der Waals surface area contributed by atoms with Gasteiger partial charge >= 0.3 is 41.5 Å². The number of nitrogens with one attached hydrogen (secondary N) is 5. The Morgan fingerprint density at radius 2 is 0.876 bits per heavy atom. The largest absolute Gasteiger partial charge is 1.00 e. The molecule has 10 aromatic rings. The number of piperidine rings is 4. The maximum Gasteiger partial charge on any atom is 1.00 e. The number of para-hydroxylation sites is 2. The number of hydrogen-bond acceptors (Lipinski definition) is 31. The number of Topliss-reactive ketones (excluding diaryl/α,β-unsaturated/α-hetero) is 2. The van der Waals surface area contributed by atoms with Crippen LogP contribution in [0.25, 0.3) is 11.1 Å². The molecule has 3 radical (unpaired) electrons. The number of anilines is 8. The summed E-state index contributed by atoms with van der Waals surface area (Å²) in [5.74, 6) is -3.94. The van der Waals surface area contributed by atoms with E-state index >= 15 is 8.78 Å².